The van der Waals surface area contributed by atoms with Gasteiger partial charge in [-0.2, -0.15) is 5.06 Å². The predicted molar refractivity (Wildman–Crippen MR) is 56.8 cm³/mol. The molecule has 82 valence electrons. The Morgan fingerprint density at radius 2 is 2.07 bits per heavy atom. The quantitative estimate of drug-likeness (QED) is 0.780. The van der Waals surface area contributed by atoms with Crippen LogP contribution in [0.25, 0.3) is 0 Å². The molecule has 1 fully saturated rings. The van der Waals surface area contributed by atoms with E-state index in [4.69, 9.17) is 4.84 Å². The Morgan fingerprint density at radius 1 is 1.33 bits per heavy atom. The Kier molecular flexibility index (Phi) is 3.35. The van der Waals surface area contributed by atoms with E-state index in [1.807, 2.05) is 30.3 Å². The van der Waals surface area contributed by atoms with Crippen molar-refractivity contribution in [3.05, 3.63) is 35.9 Å². The Bertz CT molecular complexity index is 383. The molecule has 2 rings (SSSR count). The first-order valence-electron chi connectivity index (χ1n) is 4.83. The number of hydrogen-bond donors (Lipinski definition) is 1. The molecule has 15 heavy (non-hydrogen) atoms. The number of nitrogens with zero attached hydrogens (tertiary/aromatic N) is 1. The molecule has 1 heterocycles. The van der Waals surface area contributed by atoms with E-state index in [1.165, 1.54) is 0 Å². The summed E-state index contributed by atoms with van der Waals surface area (Å²) in [7, 11) is -2.43. The Morgan fingerprint density at radius 3 is 2.73 bits per heavy atom. The lowest BCUT2D eigenvalue weighted by Gasteiger charge is -2.19. The molecule has 1 aliphatic heterocycles. The zero-order valence-corrected chi connectivity index (χ0v) is 9.10. The van der Waals surface area contributed by atoms with Gasteiger partial charge in [-0.1, -0.05) is 30.3 Å². The molecule has 1 atom stereocenters. The van der Waals surface area contributed by atoms with Gasteiger partial charge in [0.1, 0.15) is 5.88 Å². The van der Waals surface area contributed by atoms with Gasteiger partial charge in [-0.15, -0.1) is 0 Å². The van der Waals surface area contributed by atoms with Crippen molar-refractivity contribution < 1.29 is 13.3 Å². The van der Waals surface area contributed by atoms with E-state index in [1.54, 1.807) is 5.06 Å². The first-order chi connectivity index (χ1) is 7.27. The van der Waals surface area contributed by atoms with Crippen LogP contribution < -0.4 is 0 Å². The van der Waals surface area contributed by atoms with Crippen molar-refractivity contribution >= 4 is 10.7 Å². The van der Waals surface area contributed by atoms with Crippen molar-refractivity contribution in [2.75, 3.05) is 12.5 Å². The lowest BCUT2D eigenvalue weighted by atomic mass is 10.1. The van der Waals surface area contributed by atoms with Crippen LogP contribution in [-0.4, -0.2) is 26.0 Å². The van der Waals surface area contributed by atoms with Crippen LogP contribution in [0.3, 0.4) is 0 Å². The van der Waals surface area contributed by atoms with Gasteiger partial charge >= 0.3 is 0 Å². The van der Waals surface area contributed by atoms with Crippen LogP contribution in [-0.2, 0) is 15.5 Å². The summed E-state index contributed by atoms with van der Waals surface area (Å²) in [6.07, 6.45) is 0.840. The minimum absolute atomic E-state index is 0.0328. The Balaban J connectivity index is 2.14. The van der Waals surface area contributed by atoms with Crippen molar-refractivity contribution in [1.82, 2.24) is 5.06 Å². The van der Waals surface area contributed by atoms with E-state index in [0.29, 0.717) is 6.61 Å². The molecule has 5 heteroatoms. The SMILES string of the molecule is O=[SH](=O)CN1OCCC1c1ccccc1. The van der Waals surface area contributed by atoms with E-state index in [-0.39, 0.29) is 11.9 Å². The zero-order valence-electron chi connectivity index (χ0n) is 8.20. The molecule has 1 aliphatic rings. The third-order valence-corrected chi connectivity index (χ3v) is 2.94. The van der Waals surface area contributed by atoms with Crippen molar-refractivity contribution in [3.63, 3.8) is 0 Å². The zero-order chi connectivity index (χ0) is 10.7. The second kappa shape index (κ2) is 4.74. The largest absolute Gasteiger partial charge is 0.297 e. The van der Waals surface area contributed by atoms with Crippen LogP contribution in [0.4, 0.5) is 0 Å². The number of benzene rings is 1. The van der Waals surface area contributed by atoms with Crippen LogP contribution in [0.5, 0.6) is 0 Å². The molecule has 0 N–H and O–H groups in total. The van der Waals surface area contributed by atoms with Gasteiger partial charge in [0, 0.05) is 0 Å². The number of hydrogen-bond acceptors (Lipinski definition) is 4. The van der Waals surface area contributed by atoms with Gasteiger partial charge in [-0.25, -0.2) is 8.42 Å². The molecule has 0 radical (unpaired) electrons. The van der Waals surface area contributed by atoms with Gasteiger partial charge in [-0.05, 0) is 12.0 Å². The third-order valence-electron chi connectivity index (χ3n) is 2.44. The molecule has 0 aromatic heterocycles. The summed E-state index contributed by atoms with van der Waals surface area (Å²) in [5.41, 5.74) is 1.10. The lowest BCUT2D eigenvalue weighted by molar-refractivity contribution is -0.117. The highest BCUT2D eigenvalue weighted by molar-refractivity contribution is 7.72. The highest BCUT2D eigenvalue weighted by Gasteiger charge is 2.27. The summed E-state index contributed by atoms with van der Waals surface area (Å²) >= 11 is 0. The highest BCUT2D eigenvalue weighted by atomic mass is 32.2. The van der Waals surface area contributed by atoms with Crippen LogP contribution >= 0.6 is 0 Å². The molecule has 1 aromatic carbocycles. The number of hydroxylamine groups is 2. The smallest absolute Gasteiger partial charge is 0.155 e. The first-order valence-corrected chi connectivity index (χ1v) is 6.20. The number of rotatable bonds is 3. The van der Waals surface area contributed by atoms with Crippen molar-refractivity contribution in [1.29, 1.82) is 0 Å². The predicted octanol–water partition coefficient (Wildman–Crippen LogP) is 0.934. The van der Waals surface area contributed by atoms with E-state index >= 15 is 0 Å². The molecule has 1 saturated heterocycles. The Hall–Kier alpha value is -0.910. The fourth-order valence-corrected chi connectivity index (χ4v) is 2.28. The van der Waals surface area contributed by atoms with E-state index < -0.39 is 10.7 Å². The maximum atomic E-state index is 10.6. The Labute approximate surface area is 90.4 Å². The molecule has 1 unspecified atom stereocenters. The van der Waals surface area contributed by atoms with E-state index in [9.17, 15) is 8.42 Å². The summed E-state index contributed by atoms with van der Waals surface area (Å²) < 4.78 is 21.3. The summed E-state index contributed by atoms with van der Waals surface area (Å²) in [5, 5.41) is 1.54. The molecule has 0 spiro atoms. The second-order valence-electron chi connectivity index (χ2n) is 3.44. The minimum atomic E-state index is -2.43. The van der Waals surface area contributed by atoms with Gasteiger partial charge in [0.25, 0.3) is 0 Å². The fourth-order valence-electron chi connectivity index (χ4n) is 1.78. The molecule has 1 aromatic rings. The van der Waals surface area contributed by atoms with Crippen LogP contribution in [0.15, 0.2) is 30.3 Å². The molecular formula is C10H13NO3S. The maximum absolute atomic E-state index is 10.6. The summed E-state index contributed by atoms with van der Waals surface area (Å²) in [5.74, 6) is -0.0328. The van der Waals surface area contributed by atoms with E-state index in [0.717, 1.165) is 12.0 Å². The van der Waals surface area contributed by atoms with Gasteiger partial charge < -0.3 is 0 Å². The fraction of sp³-hybridized carbons (Fsp3) is 0.400. The van der Waals surface area contributed by atoms with Gasteiger partial charge in [0.15, 0.2) is 10.7 Å². The molecule has 0 aliphatic carbocycles. The summed E-state index contributed by atoms with van der Waals surface area (Å²) in [4.78, 5) is 5.28. The van der Waals surface area contributed by atoms with Crippen LogP contribution in [0.1, 0.15) is 18.0 Å². The molecule has 0 saturated carbocycles. The molecule has 4 nitrogen and oxygen atoms in total. The summed E-state index contributed by atoms with van der Waals surface area (Å²) in [6, 6.07) is 9.89. The van der Waals surface area contributed by atoms with Crippen molar-refractivity contribution in [3.8, 4) is 0 Å². The monoisotopic (exact) mass is 227 g/mol. The minimum Gasteiger partial charge on any atom is -0.297 e. The molecule has 0 amide bonds. The summed E-state index contributed by atoms with van der Waals surface area (Å²) in [6.45, 7) is 0.586. The standard InChI is InChI=1S/C10H13NO3S/c12-15(13)8-11-10(6-7-14-11)9-4-2-1-3-5-9/h1-5,10,15H,6-8H2. The second-order valence-corrected chi connectivity index (χ2v) is 4.39. The normalized spacial score (nSPS) is 22.3. The topological polar surface area (TPSA) is 46.6 Å². The van der Waals surface area contributed by atoms with Gasteiger partial charge in [-0.3, -0.25) is 4.84 Å². The maximum Gasteiger partial charge on any atom is 0.155 e. The number of thiol groups is 1. The van der Waals surface area contributed by atoms with Gasteiger partial charge in [0.05, 0.1) is 12.6 Å². The lowest BCUT2D eigenvalue weighted by Crippen LogP contribution is -2.23. The van der Waals surface area contributed by atoms with Crippen LogP contribution in [0, 0.1) is 0 Å². The first kappa shape index (κ1) is 10.6. The van der Waals surface area contributed by atoms with Gasteiger partial charge in [0.2, 0.25) is 0 Å². The van der Waals surface area contributed by atoms with Crippen molar-refractivity contribution in [2.24, 2.45) is 0 Å². The average Bonchev–Trinajstić information content (AvgIpc) is 2.66. The van der Waals surface area contributed by atoms with E-state index in [2.05, 4.69) is 0 Å². The molecular weight excluding hydrogens is 214 g/mol. The van der Waals surface area contributed by atoms with Crippen molar-refractivity contribution in [2.45, 2.75) is 12.5 Å². The average molecular weight is 227 g/mol. The molecule has 0 bridgehead atoms. The highest BCUT2D eigenvalue weighted by Crippen LogP contribution is 2.29. The third kappa shape index (κ3) is 2.56. The van der Waals surface area contributed by atoms with Crippen LogP contribution in [0.2, 0.25) is 0 Å².